The molecule has 0 radical (unpaired) electrons. The molecule has 0 saturated heterocycles. The van der Waals surface area contributed by atoms with Gasteiger partial charge in [-0.25, -0.2) is 0 Å². The Kier molecular flexibility index (Phi) is 9.68. The van der Waals surface area contributed by atoms with E-state index in [9.17, 15) is 10.2 Å². The van der Waals surface area contributed by atoms with E-state index >= 15 is 0 Å². The fourth-order valence-electron chi connectivity index (χ4n) is 3.19. The second-order valence-electron chi connectivity index (χ2n) is 6.43. The van der Waals surface area contributed by atoms with Crippen molar-refractivity contribution >= 4 is 0 Å². The molecule has 150 valence electrons. The molecule has 1 aromatic rings. The van der Waals surface area contributed by atoms with Crippen LogP contribution in [0.4, 0.5) is 0 Å². The molecule has 27 heavy (non-hydrogen) atoms. The monoisotopic (exact) mass is 375 g/mol. The Morgan fingerprint density at radius 3 is 2.59 bits per heavy atom. The topological polar surface area (TPSA) is 73.2 Å². The number of allylic oxidation sites excluding steroid dienone is 4. The molecule has 0 saturated carbocycles. The first kappa shape index (κ1) is 22.8. The first-order chi connectivity index (χ1) is 13.0. The number of aromatic hydroxyl groups is 1. The zero-order valence-corrected chi connectivity index (χ0v) is 17.1. The predicted molar refractivity (Wildman–Crippen MR) is 110 cm³/mol. The summed E-state index contributed by atoms with van der Waals surface area (Å²) in [6.45, 7) is 6.91. The maximum absolute atomic E-state index is 10.3. The number of likely N-dealkylation sites (N-methyl/N-ethyl adjacent to an activating group) is 1. The Labute approximate surface area is 162 Å². The highest BCUT2D eigenvalue weighted by molar-refractivity contribution is 5.45. The van der Waals surface area contributed by atoms with E-state index in [1.807, 2.05) is 26.0 Å². The molecule has 0 fully saturated rings. The summed E-state index contributed by atoms with van der Waals surface area (Å²) in [5, 5.41) is 28.8. The second-order valence-corrected chi connectivity index (χ2v) is 6.43. The van der Waals surface area contributed by atoms with Crippen LogP contribution in [0.25, 0.3) is 0 Å². The van der Waals surface area contributed by atoms with Gasteiger partial charge in [0.15, 0.2) is 0 Å². The molecule has 0 spiro atoms. The number of methoxy groups -OCH3 is 1. The predicted octanol–water partition coefficient (Wildman–Crippen LogP) is 4.94. The number of phenols is 1. The smallest absolute Gasteiger partial charge is 0.121 e. The van der Waals surface area contributed by atoms with Crippen LogP contribution in [0.2, 0.25) is 0 Å². The van der Waals surface area contributed by atoms with Crippen molar-refractivity contribution in [3.63, 3.8) is 0 Å². The minimum absolute atomic E-state index is 0.0843. The molecule has 0 amide bonds. The van der Waals surface area contributed by atoms with E-state index in [4.69, 9.17) is 9.84 Å². The van der Waals surface area contributed by atoms with E-state index in [1.165, 1.54) is 5.56 Å². The quantitative estimate of drug-likeness (QED) is 0.485. The summed E-state index contributed by atoms with van der Waals surface area (Å²) in [4.78, 5) is 2.24. The largest absolute Gasteiger partial charge is 0.516 e. The summed E-state index contributed by atoms with van der Waals surface area (Å²) in [5.74, 6) is 0.457. The third-order valence-electron chi connectivity index (χ3n) is 4.52. The molecule has 1 atom stereocenters. The van der Waals surface area contributed by atoms with Crippen molar-refractivity contribution in [1.29, 1.82) is 0 Å². The number of hydrogen-bond acceptors (Lipinski definition) is 5. The molecule has 1 aliphatic heterocycles. The lowest BCUT2D eigenvalue weighted by Crippen LogP contribution is -2.32. The zero-order chi connectivity index (χ0) is 20.4. The van der Waals surface area contributed by atoms with E-state index in [0.717, 1.165) is 35.9 Å². The Morgan fingerprint density at radius 2 is 2.00 bits per heavy atom. The fourth-order valence-corrected chi connectivity index (χ4v) is 3.19. The van der Waals surface area contributed by atoms with Gasteiger partial charge >= 0.3 is 0 Å². The van der Waals surface area contributed by atoms with Gasteiger partial charge in [-0.3, -0.25) is 4.90 Å². The zero-order valence-electron chi connectivity index (χ0n) is 17.1. The third-order valence-corrected chi connectivity index (χ3v) is 4.52. The SMILES string of the molecule is CC.COCc1cc2c(cc1O)[C@H](CC(=C/C=C(\C)O)/C=C/O)N(C)CC2. The van der Waals surface area contributed by atoms with Crippen molar-refractivity contribution in [2.24, 2.45) is 0 Å². The average Bonchev–Trinajstić information content (AvgIpc) is 2.65. The Bertz CT molecular complexity index is 688. The van der Waals surface area contributed by atoms with Gasteiger partial charge < -0.3 is 20.1 Å². The van der Waals surface area contributed by atoms with Crippen molar-refractivity contribution in [3.05, 3.63) is 64.6 Å². The van der Waals surface area contributed by atoms with Crippen molar-refractivity contribution in [1.82, 2.24) is 4.90 Å². The number of ether oxygens (including phenoxy) is 1. The van der Waals surface area contributed by atoms with E-state index in [1.54, 1.807) is 32.3 Å². The molecule has 0 unspecified atom stereocenters. The minimum Gasteiger partial charge on any atom is -0.516 e. The number of aliphatic hydroxyl groups excluding tert-OH is 2. The number of rotatable bonds is 6. The number of nitrogens with zero attached hydrogens (tertiary/aromatic N) is 1. The summed E-state index contributed by atoms with van der Waals surface area (Å²) >= 11 is 0. The molecule has 1 aromatic carbocycles. The van der Waals surface area contributed by atoms with Crippen LogP contribution >= 0.6 is 0 Å². The van der Waals surface area contributed by atoms with E-state index in [2.05, 4.69) is 11.9 Å². The van der Waals surface area contributed by atoms with Gasteiger partial charge in [-0.05, 0) is 67.8 Å². The highest BCUT2D eigenvalue weighted by Crippen LogP contribution is 2.37. The third kappa shape index (κ3) is 6.45. The Morgan fingerprint density at radius 1 is 1.30 bits per heavy atom. The van der Waals surface area contributed by atoms with Crippen LogP contribution in [0, 0.1) is 0 Å². The van der Waals surface area contributed by atoms with Gasteiger partial charge in [0.25, 0.3) is 0 Å². The maximum Gasteiger partial charge on any atom is 0.121 e. The molecule has 0 aliphatic carbocycles. The van der Waals surface area contributed by atoms with Gasteiger partial charge in [0, 0.05) is 25.3 Å². The number of aliphatic hydroxyl groups is 2. The first-order valence-electron chi connectivity index (χ1n) is 9.37. The molecular formula is C22H33NO4. The Hall–Kier alpha value is -2.24. The normalized spacial score (nSPS) is 18.2. The van der Waals surface area contributed by atoms with Crippen molar-refractivity contribution in [2.75, 3.05) is 20.7 Å². The molecule has 2 rings (SSSR count). The summed E-state index contributed by atoms with van der Waals surface area (Å²) in [5.41, 5.74) is 4.00. The second kappa shape index (κ2) is 11.5. The van der Waals surface area contributed by atoms with Crippen LogP contribution in [-0.4, -0.2) is 40.9 Å². The molecular weight excluding hydrogens is 342 g/mol. The molecule has 5 heteroatoms. The fraction of sp³-hybridized carbons (Fsp3) is 0.455. The van der Waals surface area contributed by atoms with Gasteiger partial charge in [-0.2, -0.15) is 0 Å². The van der Waals surface area contributed by atoms with Crippen LogP contribution in [0.5, 0.6) is 5.75 Å². The lowest BCUT2D eigenvalue weighted by molar-refractivity contribution is 0.181. The molecule has 5 nitrogen and oxygen atoms in total. The van der Waals surface area contributed by atoms with Crippen LogP contribution in [-0.2, 0) is 17.8 Å². The summed E-state index contributed by atoms with van der Waals surface area (Å²) in [6.07, 6.45) is 7.62. The van der Waals surface area contributed by atoms with E-state index in [0.29, 0.717) is 13.0 Å². The van der Waals surface area contributed by atoms with Crippen molar-refractivity contribution in [3.8, 4) is 5.75 Å². The first-order valence-corrected chi connectivity index (χ1v) is 9.37. The standard InChI is InChI=1S/C20H27NO4.C2H6/c1-14(23)4-5-15(7-9-22)10-19-18-12-20(24)17(13-25-3)11-16(18)6-8-21(19)2;1-2/h4-5,7,9,11-12,19,22-24H,6,8,10,13H2,1-3H3;1-2H3/b9-7+,14-4+,15-5+;/t19-;/m0./s1. The van der Waals surface area contributed by atoms with Crippen LogP contribution in [0.1, 0.15) is 49.9 Å². The molecule has 3 N–H and O–H groups in total. The number of hydrogen-bond donors (Lipinski definition) is 3. The molecule has 1 aliphatic rings. The van der Waals surface area contributed by atoms with Crippen molar-refractivity contribution in [2.45, 2.75) is 46.3 Å². The van der Waals surface area contributed by atoms with Crippen LogP contribution in [0.3, 0.4) is 0 Å². The highest BCUT2D eigenvalue weighted by atomic mass is 16.5. The average molecular weight is 376 g/mol. The highest BCUT2D eigenvalue weighted by Gasteiger charge is 2.26. The number of phenolic OH excluding ortho intramolecular Hbond substituents is 1. The van der Waals surface area contributed by atoms with Gasteiger partial charge in [-0.15, -0.1) is 0 Å². The molecule has 0 aromatic heterocycles. The van der Waals surface area contributed by atoms with Gasteiger partial charge in [-0.1, -0.05) is 19.9 Å². The van der Waals surface area contributed by atoms with Gasteiger partial charge in [0.2, 0.25) is 0 Å². The Balaban J connectivity index is 0.00000176. The summed E-state index contributed by atoms with van der Waals surface area (Å²) < 4.78 is 5.15. The molecule has 0 bridgehead atoms. The van der Waals surface area contributed by atoms with Gasteiger partial charge in [0.1, 0.15) is 5.75 Å². The van der Waals surface area contributed by atoms with Crippen LogP contribution < -0.4 is 0 Å². The molecule has 1 heterocycles. The maximum atomic E-state index is 10.3. The summed E-state index contributed by atoms with van der Waals surface area (Å²) in [6, 6.07) is 3.94. The van der Waals surface area contributed by atoms with E-state index < -0.39 is 0 Å². The van der Waals surface area contributed by atoms with E-state index in [-0.39, 0.29) is 17.6 Å². The lowest BCUT2D eigenvalue weighted by atomic mass is 9.87. The van der Waals surface area contributed by atoms with Crippen LogP contribution in [0.15, 0.2) is 48.0 Å². The summed E-state index contributed by atoms with van der Waals surface area (Å²) in [7, 11) is 3.67. The number of fused-ring (bicyclic) bond motifs is 1. The number of benzene rings is 1. The minimum atomic E-state index is 0.0843. The van der Waals surface area contributed by atoms with Gasteiger partial charge in [0.05, 0.1) is 18.6 Å². The van der Waals surface area contributed by atoms with Crippen molar-refractivity contribution < 1.29 is 20.1 Å². The lowest BCUT2D eigenvalue weighted by Gasteiger charge is -2.35.